The molecule has 1 heterocycles. The fraction of sp³-hybridized carbons (Fsp3) is 0.154. The van der Waals surface area contributed by atoms with E-state index in [4.69, 9.17) is 4.42 Å². The fourth-order valence-electron chi connectivity index (χ4n) is 3.63. The number of nitrogens with one attached hydrogen (secondary N) is 2. The van der Waals surface area contributed by atoms with Crippen LogP contribution in [0.25, 0.3) is 11.0 Å². The van der Waals surface area contributed by atoms with Gasteiger partial charge in [-0.1, -0.05) is 35.4 Å². The Hall–Kier alpha value is -3.86. The molecular weight excluding hydrogens is 388 g/mol. The molecule has 0 atom stereocenters. The molecule has 0 aliphatic carbocycles. The van der Waals surface area contributed by atoms with Gasteiger partial charge in [-0.2, -0.15) is 0 Å². The molecule has 3 aromatic carbocycles. The first kappa shape index (κ1) is 20.4. The summed E-state index contributed by atoms with van der Waals surface area (Å²) in [6.45, 7) is 7.89. The molecule has 0 unspecified atom stereocenters. The average molecular weight is 412 g/mol. The van der Waals surface area contributed by atoms with Crippen LogP contribution in [0.3, 0.4) is 0 Å². The maximum absolute atomic E-state index is 13.1. The molecule has 2 N–H and O–H groups in total. The Morgan fingerprint density at radius 1 is 0.742 bits per heavy atom. The molecule has 0 saturated heterocycles. The van der Waals surface area contributed by atoms with Gasteiger partial charge in [-0.25, -0.2) is 0 Å². The zero-order valence-electron chi connectivity index (χ0n) is 18.0. The maximum atomic E-state index is 13.1. The van der Waals surface area contributed by atoms with E-state index in [0.29, 0.717) is 27.9 Å². The van der Waals surface area contributed by atoms with Crippen LogP contribution in [0, 0.1) is 27.7 Å². The molecule has 2 amide bonds. The van der Waals surface area contributed by atoms with Crippen LogP contribution in [-0.4, -0.2) is 11.8 Å². The quantitative estimate of drug-likeness (QED) is 0.421. The second-order valence-corrected chi connectivity index (χ2v) is 7.89. The van der Waals surface area contributed by atoms with Gasteiger partial charge in [0, 0.05) is 16.6 Å². The summed E-state index contributed by atoms with van der Waals surface area (Å²) in [6, 6.07) is 18.6. The summed E-state index contributed by atoms with van der Waals surface area (Å²) in [5, 5.41) is 6.44. The molecule has 31 heavy (non-hydrogen) atoms. The lowest BCUT2D eigenvalue weighted by Crippen LogP contribution is -2.17. The normalized spacial score (nSPS) is 10.8. The first-order valence-electron chi connectivity index (χ1n) is 10.1. The van der Waals surface area contributed by atoms with E-state index in [-0.39, 0.29) is 11.7 Å². The molecule has 0 radical (unpaired) electrons. The van der Waals surface area contributed by atoms with Gasteiger partial charge >= 0.3 is 0 Å². The van der Waals surface area contributed by atoms with Crippen molar-refractivity contribution in [3.63, 3.8) is 0 Å². The number of anilines is 2. The predicted octanol–water partition coefficient (Wildman–Crippen LogP) is 6.17. The van der Waals surface area contributed by atoms with Gasteiger partial charge in [-0.3, -0.25) is 9.59 Å². The third-order valence-electron chi connectivity index (χ3n) is 5.29. The molecule has 0 bridgehead atoms. The predicted molar refractivity (Wildman–Crippen MR) is 124 cm³/mol. The van der Waals surface area contributed by atoms with Crippen LogP contribution in [0.1, 0.15) is 43.2 Å². The summed E-state index contributed by atoms with van der Waals surface area (Å²) in [7, 11) is 0. The molecular formula is C26H24N2O3. The molecule has 0 spiro atoms. The van der Waals surface area contributed by atoms with Crippen LogP contribution in [0.2, 0.25) is 0 Å². The molecule has 5 nitrogen and oxygen atoms in total. The van der Waals surface area contributed by atoms with E-state index in [1.807, 2.05) is 82.3 Å². The first-order valence-corrected chi connectivity index (χ1v) is 10.1. The van der Waals surface area contributed by atoms with E-state index < -0.39 is 5.91 Å². The van der Waals surface area contributed by atoms with Crippen molar-refractivity contribution in [3.05, 3.63) is 94.2 Å². The van der Waals surface area contributed by atoms with Gasteiger partial charge in [-0.05, 0) is 75.2 Å². The number of hydrogen-bond donors (Lipinski definition) is 2. The molecule has 4 rings (SSSR count). The van der Waals surface area contributed by atoms with Crippen molar-refractivity contribution in [2.75, 3.05) is 10.6 Å². The number of aryl methyl sites for hydroxylation is 4. The number of para-hydroxylation sites is 1. The average Bonchev–Trinajstić information content (AvgIpc) is 3.09. The number of carbonyl (C=O) groups is 2. The lowest BCUT2D eigenvalue weighted by Gasteiger charge is -2.09. The standard InChI is InChI=1S/C26H24N2O3/c1-15-11-16(2)13-19(12-15)25(29)28-23-21-7-5-6-8-22(21)31-24(23)26(30)27-20-10-9-17(3)18(4)14-20/h5-14H,1-4H3,(H,27,30)(H,28,29). The number of furan rings is 1. The Bertz CT molecular complexity index is 1300. The Balaban J connectivity index is 1.70. The Kier molecular flexibility index (Phi) is 5.34. The van der Waals surface area contributed by atoms with Crippen LogP contribution < -0.4 is 10.6 Å². The highest BCUT2D eigenvalue weighted by atomic mass is 16.3. The van der Waals surface area contributed by atoms with Crippen LogP contribution in [0.5, 0.6) is 0 Å². The Morgan fingerprint density at radius 3 is 2.16 bits per heavy atom. The van der Waals surface area contributed by atoms with Crippen molar-refractivity contribution in [3.8, 4) is 0 Å². The second kappa shape index (κ2) is 8.11. The van der Waals surface area contributed by atoms with Crippen molar-refractivity contribution in [2.45, 2.75) is 27.7 Å². The lowest BCUT2D eigenvalue weighted by molar-refractivity contribution is 0.0999. The minimum atomic E-state index is -0.421. The summed E-state index contributed by atoms with van der Waals surface area (Å²) in [6.07, 6.45) is 0. The summed E-state index contributed by atoms with van der Waals surface area (Å²) in [5.41, 5.74) is 6.30. The number of amides is 2. The van der Waals surface area contributed by atoms with Crippen molar-refractivity contribution in [2.24, 2.45) is 0 Å². The van der Waals surface area contributed by atoms with Crippen molar-refractivity contribution in [1.82, 2.24) is 0 Å². The van der Waals surface area contributed by atoms with E-state index >= 15 is 0 Å². The lowest BCUT2D eigenvalue weighted by atomic mass is 10.1. The van der Waals surface area contributed by atoms with E-state index in [0.717, 1.165) is 22.3 Å². The number of rotatable bonds is 4. The van der Waals surface area contributed by atoms with Crippen LogP contribution in [0.4, 0.5) is 11.4 Å². The Labute approximate surface area is 181 Å². The van der Waals surface area contributed by atoms with Crippen molar-refractivity contribution in [1.29, 1.82) is 0 Å². The van der Waals surface area contributed by atoms with Crippen molar-refractivity contribution >= 4 is 34.2 Å². The molecule has 0 saturated carbocycles. The van der Waals surface area contributed by atoms with Gasteiger partial charge in [0.2, 0.25) is 5.76 Å². The highest BCUT2D eigenvalue weighted by molar-refractivity contribution is 6.17. The fourth-order valence-corrected chi connectivity index (χ4v) is 3.63. The smallest absolute Gasteiger partial charge is 0.293 e. The zero-order chi connectivity index (χ0) is 22.1. The Morgan fingerprint density at radius 2 is 1.45 bits per heavy atom. The molecule has 0 aliphatic rings. The minimum absolute atomic E-state index is 0.0668. The second-order valence-electron chi connectivity index (χ2n) is 7.89. The van der Waals surface area contributed by atoms with Gasteiger partial charge in [0.25, 0.3) is 11.8 Å². The van der Waals surface area contributed by atoms with Crippen LogP contribution >= 0.6 is 0 Å². The third-order valence-corrected chi connectivity index (χ3v) is 5.29. The van der Waals surface area contributed by atoms with Crippen LogP contribution in [0.15, 0.2) is 65.1 Å². The van der Waals surface area contributed by atoms with E-state index in [9.17, 15) is 9.59 Å². The molecule has 1 aromatic heterocycles. The van der Waals surface area contributed by atoms with Crippen LogP contribution in [-0.2, 0) is 0 Å². The number of fused-ring (bicyclic) bond motifs is 1. The molecule has 0 fully saturated rings. The summed E-state index contributed by atoms with van der Waals surface area (Å²) < 4.78 is 5.84. The first-order chi connectivity index (χ1) is 14.8. The highest BCUT2D eigenvalue weighted by Crippen LogP contribution is 2.32. The van der Waals surface area contributed by atoms with Gasteiger partial charge < -0.3 is 15.1 Å². The highest BCUT2D eigenvalue weighted by Gasteiger charge is 2.23. The monoisotopic (exact) mass is 412 g/mol. The van der Waals surface area contributed by atoms with E-state index in [1.54, 1.807) is 6.07 Å². The third kappa shape index (κ3) is 4.21. The van der Waals surface area contributed by atoms with E-state index in [1.165, 1.54) is 0 Å². The zero-order valence-corrected chi connectivity index (χ0v) is 18.0. The molecule has 156 valence electrons. The summed E-state index contributed by atoms with van der Waals surface area (Å²) in [5.74, 6) is -0.647. The molecule has 0 aliphatic heterocycles. The minimum Gasteiger partial charge on any atom is -0.449 e. The topological polar surface area (TPSA) is 71.3 Å². The van der Waals surface area contributed by atoms with Gasteiger partial charge in [0.1, 0.15) is 11.3 Å². The largest absolute Gasteiger partial charge is 0.449 e. The number of benzene rings is 3. The molecule has 4 aromatic rings. The van der Waals surface area contributed by atoms with Crippen molar-refractivity contribution < 1.29 is 14.0 Å². The summed E-state index contributed by atoms with van der Waals surface area (Å²) >= 11 is 0. The van der Waals surface area contributed by atoms with E-state index in [2.05, 4.69) is 10.6 Å². The van der Waals surface area contributed by atoms with Gasteiger partial charge in [0.05, 0.1) is 0 Å². The molecule has 5 heteroatoms. The number of hydrogen-bond acceptors (Lipinski definition) is 3. The summed E-state index contributed by atoms with van der Waals surface area (Å²) in [4.78, 5) is 26.1. The SMILES string of the molecule is Cc1cc(C)cc(C(=O)Nc2c(C(=O)Nc3ccc(C)c(C)c3)oc3ccccc23)c1. The van der Waals surface area contributed by atoms with Gasteiger partial charge in [0.15, 0.2) is 0 Å². The maximum Gasteiger partial charge on any atom is 0.293 e. The number of carbonyl (C=O) groups excluding carboxylic acids is 2. The van der Waals surface area contributed by atoms with Gasteiger partial charge in [-0.15, -0.1) is 0 Å².